The predicted octanol–water partition coefficient (Wildman–Crippen LogP) is 3.63. The third kappa shape index (κ3) is 5.99. The number of rotatable bonds is 9. The summed E-state index contributed by atoms with van der Waals surface area (Å²) in [5, 5.41) is 0.926. The summed E-state index contributed by atoms with van der Waals surface area (Å²) in [6, 6.07) is 5.22. The first-order chi connectivity index (χ1) is 15.7. The van der Waals surface area contributed by atoms with Crippen molar-refractivity contribution in [2.45, 2.75) is 64.6 Å². The molecule has 10 heteroatoms. The van der Waals surface area contributed by atoms with Gasteiger partial charge in [0.15, 0.2) is 5.69 Å². The molecule has 8 nitrogen and oxygen atoms in total. The number of nitrogens with one attached hydrogen (secondary N) is 1. The second-order valence-electron chi connectivity index (χ2n) is 8.62. The number of carbonyl (C=O) groups is 1. The van der Waals surface area contributed by atoms with Crippen LogP contribution in [0.5, 0.6) is 0 Å². The Labute approximate surface area is 203 Å². The van der Waals surface area contributed by atoms with Crippen LogP contribution in [0.15, 0.2) is 27.8 Å². The highest BCUT2D eigenvalue weighted by Crippen LogP contribution is 2.30. The number of hydrogen-bond acceptors (Lipinski definition) is 5. The van der Waals surface area contributed by atoms with Crippen LogP contribution in [-0.2, 0) is 17.9 Å². The Morgan fingerprint density at radius 2 is 1.91 bits per heavy atom. The van der Waals surface area contributed by atoms with Crippen molar-refractivity contribution in [2.24, 2.45) is 0 Å². The van der Waals surface area contributed by atoms with E-state index in [1.54, 1.807) is 12.1 Å². The summed E-state index contributed by atoms with van der Waals surface area (Å²) in [7, 11) is 1.82. The number of carbonyl (C=O) groups excluding carboxylic acids is 1. The zero-order chi connectivity index (χ0) is 24.1. The predicted molar refractivity (Wildman–Crippen MR) is 133 cm³/mol. The molecule has 3 rings (SSSR count). The minimum atomic E-state index is -0.627. The van der Waals surface area contributed by atoms with Gasteiger partial charge in [0.25, 0.3) is 5.56 Å². The quantitative estimate of drug-likeness (QED) is 0.552. The summed E-state index contributed by atoms with van der Waals surface area (Å²) in [5.41, 5.74) is 6.14. The van der Waals surface area contributed by atoms with Gasteiger partial charge < -0.3 is 10.6 Å². The van der Waals surface area contributed by atoms with Crippen LogP contribution in [0.4, 0.5) is 11.5 Å². The van der Waals surface area contributed by atoms with Gasteiger partial charge >= 0.3 is 5.69 Å². The van der Waals surface area contributed by atoms with Gasteiger partial charge in [0.2, 0.25) is 5.91 Å². The van der Waals surface area contributed by atoms with Crippen LogP contribution in [0.1, 0.15) is 51.0 Å². The van der Waals surface area contributed by atoms with Crippen molar-refractivity contribution in [2.75, 3.05) is 24.2 Å². The Morgan fingerprint density at radius 1 is 1.21 bits per heavy atom. The molecule has 0 atom stereocenters. The second-order valence-corrected chi connectivity index (χ2v) is 9.44. The second kappa shape index (κ2) is 11.2. The van der Waals surface area contributed by atoms with E-state index in [0.717, 1.165) is 44.1 Å². The third-order valence-corrected chi connectivity index (χ3v) is 6.73. The molecule has 180 valence electrons. The fourth-order valence-electron chi connectivity index (χ4n) is 4.33. The minimum absolute atomic E-state index is 0.0459. The molecule has 33 heavy (non-hydrogen) atoms. The number of unbranched alkanes of at least 4 members (excludes halogenated alkanes) is 1. The molecule has 0 bridgehead atoms. The Kier molecular flexibility index (Phi) is 8.62. The van der Waals surface area contributed by atoms with Gasteiger partial charge in [-0.05, 0) is 44.0 Å². The smallest absolute Gasteiger partial charge is 0.330 e. The molecule has 0 saturated heterocycles. The van der Waals surface area contributed by atoms with Gasteiger partial charge in [0.05, 0.1) is 16.6 Å². The van der Waals surface area contributed by atoms with Crippen molar-refractivity contribution in [1.29, 1.82) is 0 Å². The summed E-state index contributed by atoms with van der Waals surface area (Å²) >= 11 is 12.1. The Morgan fingerprint density at radius 3 is 2.55 bits per heavy atom. The van der Waals surface area contributed by atoms with Crippen LogP contribution in [0, 0.1) is 0 Å². The number of hydrogen-bond donors (Lipinski definition) is 2. The highest BCUT2D eigenvalue weighted by Gasteiger charge is 2.33. The number of nitrogen functional groups attached to an aromatic ring is 1. The average Bonchev–Trinajstić information content (AvgIpc) is 3.27. The van der Waals surface area contributed by atoms with Crippen molar-refractivity contribution < 1.29 is 4.79 Å². The van der Waals surface area contributed by atoms with E-state index in [-0.39, 0.29) is 30.0 Å². The van der Waals surface area contributed by atoms with E-state index < -0.39 is 11.2 Å². The van der Waals surface area contributed by atoms with Crippen LogP contribution >= 0.6 is 23.2 Å². The first-order valence-electron chi connectivity index (χ1n) is 11.3. The lowest BCUT2D eigenvalue weighted by atomic mass is 10.1. The fraction of sp³-hybridized carbons (Fsp3) is 0.522. The van der Waals surface area contributed by atoms with Crippen LogP contribution in [0.2, 0.25) is 10.0 Å². The molecule has 1 aromatic carbocycles. The molecule has 1 saturated carbocycles. The molecular formula is C23H31Cl2N5O3. The molecule has 1 amide bonds. The maximum Gasteiger partial charge on any atom is 0.330 e. The Bertz CT molecular complexity index is 1110. The van der Waals surface area contributed by atoms with E-state index in [1.807, 2.05) is 24.9 Å². The van der Waals surface area contributed by atoms with Gasteiger partial charge in [-0.1, -0.05) is 55.5 Å². The van der Waals surface area contributed by atoms with Crippen molar-refractivity contribution in [3.05, 3.63) is 54.6 Å². The van der Waals surface area contributed by atoms with Crippen LogP contribution < -0.4 is 21.9 Å². The lowest BCUT2D eigenvalue weighted by Crippen LogP contribution is -2.48. The highest BCUT2D eigenvalue weighted by atomic mass is 35.5. The van der Waals surface area contributed by atoms with Crippen molar-refractivity contribution >= 4 is 40.6 Å². The molecule has 2 aromatic rings. The topological polar surface area (TPSA) is 104 Å². The Hall–Kier alpha value is -2.29. The van der Waals surface area contributed by atoms with Crippen molar-refractivity contribution in [3.8, 4) is 0 Å². The fourth-order valence-corrected chi connectivity index (χ4v) is 4.66. The summed E-state index contributed by atoms with van der Waals surface area (Å²) in [4.78, 5) is 44.4. The largest absolute Gasteiger partial charge is 0.383 e. The maximum absolute atomic E-state index is 13.5. The zero-order valence-electron chi connectivity index (χ0n) is 19.1. The standard InChI is InChI=1S/C23H31Cl2N5O3/c1-3-4-11-29-21(26)20(22(32)27-23(29)33)30(16-7-5-6-8-16)19(31)14-28(2)13-15-9-10-17(24)18(25)12-15/h9-10,12,16H,3-8,11,13-14,26H2,1-2H3,(H,27,32,33). The molecule has 1 heterocycles. The summed E-state index contributed by atoms with van der Waals surface area (Å²) in [6.07, 6.45) is 5.12. The van der Waals surface area contributed by atoms with E-state index in [4.69, 9.17) is 28.9 Å². The van der Waals surface area contributed by atoms with Crippen LogP contribution in [-0.4, -0.2) is 40.0 Å². The van der Waals surface area contributed by atoms with E-state index in [2.05, 4.69) is 4.98 Å². The molecule has 1 aromatic heterocycles. The first-order valence-corrected chi connectivity index (χ1v) is 12.1. The number of nitrogens with two attached hydrogens (primary N) is 1. The van der Waals surface area contributed by atoms with Gasteiger partial charge in [0.1, 0.15) is 5.82 Å². The lowest BCUT2D eigenvalue weighted by molar-refractivity contribution is -0.120. The van der Waals surface area contributed by atoms with E-state index in [0.29, 0.717) is 23.1 Å². The number of nitrogens with zero attached hydrogens (tertiary/aromatic N) is 3. The molecule has 0 spiro atoms. The van der Waals surface area contributed by atoms with Crippen LogP contribution in [0.25, 0.3) is 0 Å². The van der Waals surface area contributed by atoms with Gasteiger partial charge in [-0.25, -0.2) is 4.79 Å². The number of aromatic nitrogens is 2. The minimum Gasteiger partial charge on any atom is -0.383 e. The number of anilines is 2. The number of benzene rings is 1. The summed E-state index contributed by atoms with van der Waals surface area (Å²) in [6.45, 7) is 2.94. The molecule has 1 aliphatic rings. The summed E-state index contributed by atoms with van der Waals surface area (Å²) < 4.78 is 1.36. The molecule has 0 radical (unpaired) electrons. The maximum atomic E-state index is 13.5. The molecule has 0 unspecified atom stereocenters. The first kappa shape index (κ1) is 25.3. The highest BCUT2D eigenvalue weighted by molar-refractivity contribution is 6.42. The number of halogens is 2. The zero-order valence-corrected chi connectivity index (χ0v) is 20.6. The van der Waals surface area contributed by atoms with Gasteiger partial charge in [-0.15, -0.1) is 0 Å². The molecular weight excluding hydrogens is 465 g/mol. The summed E-state index contributed by atoms with van der Waals surface area (Å²) in [5.74, 6) is -0.188. The molecule has 3 N–H and O–H groups in total. The van der Waals surface area contributed by atoms with Gasteiger partial charge in [0, 0.05) is 19.1 Å². The van der Waals surface area contributed by atoms with E-state index in [9.17, 15) is 14.4 Å². The monoisotopic (exact) mass is 495 g/mol. The number of H-pyrrole nitrogens is 1. The number of amides is 1. The SMILES string of the molecule is CCCCn1c(N)c(N(C(=O)CN(C)Cc2ccc(Cl)c(Cl)c2)C2CCCC2)c(=O)[nH]c1=O. The normalized spacial score (nSPS) is 14.2. The van der Waals surface area contributed by atoms with Crippen molar-refractivity contribution in [1.82, 2.24) is 14.5 Å². The van der Waals surface area contributed by atoms with Gasteiger partial charge in [-0.2, -0.15) is 0 Å². The average molecular weight is 496 g/mol. The Balaban J connectivity index is 1.90. The molecule has 1 aliphatic carbocycles. The number of aromatic amines is 1. The molecule has 1 fully saturated rings. The third-order valence-electron chi connectivity index (χ3n) is 5.99. The van der Waals surface area contributed by atoms with E-state index >= 15 is 0 Å². The lowest BCUT2D eigenvalue weighted by Gasteiger charge is -2.31. The van der Waals surface area contributed by atoms with Gasteiger partial charge in [-0.3, -0.25) is 24.0 Å². The molecule has 0 aliphatic heterocycles. The number of likely N-dealkylation sites (N-methyl/N-ethyl adjacent to an activating group) is 1. The van der Waals surface area contributed by atoms with Crippen LogP contribution in [0.3, 0.4) is 0 Å². The van der Waals surface area contributed by atoms with Crippen molar-refractivity contribution in [3.63, 3.8) is 0 Å². The van der Waals surface area contributed by atoms with E-state index in [1.165, 1.54) is 9.47 Å².